The number of nitrogens with zero attached hydrogens (tertiary/aromatic N) is 6. The molecule has 1 atom stereocenters. The van der Waals surface area contributed by atoms with Gasteiger partial charge in [0.25, 0.3) is 0 Å². The quantitative estimate of drug-likeness (QED) is 0.658. The minimum atomic E-state index is -0.267. The number of piperazine rings is 1. The van der Waals surface area contributed by atoms with Crippen molar-refractivity contribution in [3.63, 3.8) is 0 Å². The maximum Gasteiger partial charge on any atom is 0.227 e. The number of hydrogen-bond donors (Lipinski definition) is 1. The zero-order chi connectivity index (χ0) is 22.8. The highest BCUT2D eigenvalue weighted by molar-refractivity contribution is 5.65. The van der Waals surface area contributed by atoms with Crippen LogP contribution in [0.25, 0.3) is 11.3 Å². The minimum Gasteiger partial charge on any atom is -0.392 e. The number of hydrogen-bond acceptors (Lipinski definition) is 7. The first-order chi connectivity index (χ1) is 15.4. The van der Waals surface area contributed by atoms with Crippen LogP contribution in [-0.4, -0.2) is 59.8 Å². The largest absolute Gasteiger partial charge is 0.392 e. The highest BCUT2D eigenvalue weighted by Gasteiger charge is 2.27. The lowest BCUT2D eigenvalue weighted by Crippen LogP contribution is -2.53. The lowest BCUT2D eigenvalue weighted by atomic mass is 10.1. The number of anilines is 3. The Balaban J connectivity index is 1.61. The fourth-order valence-corrected chi connectivity index (χ4v) is 4.07. The molecule has 0 unspecified atom stereocenters. The van der Waals surface area contributed by atoms with Crippen molar-refractivity contribution in [1.82, 2.24) is 15.0 Å². The zero-order valence-electron chi connectivity index (χ0n) is 19.0. The zero-order valence-corrected chi connectivity index (χ0v) is 19.0. The van der Waals surface area contributed by atoms with E-state index in [1.54, 1.807) is 18.3 Å². The average molecular weight is 437 g/mol. The SMILES string of the molecule is Cc1cc(CO)cnc1N1CCN(c2cc(-c3ccc(F)cc3)nc(N(C)C)n2)[C@H](C)C1. The van der Waals surface area contributed by atoms with Gasteiger partial charge in [-0.2, -0.15) is 4.98 Å². The third-order valence-electron chi connectivity index (χ3n) is 5.75. The summed E-state index contributed by atoms with van der Waals surface area (Å²) in [5, 5.41) is 9.35. The number of halogens is 1. The maximum atomic E-state index is 13.4. The molecule has 0 radical (unpaired) electrons. The van der Waals surface area contributed by atoms with Crippen LogP contribution in [0.2, 0.25) is 0 Å². The van der Waals surface area contributed by atoms with E-state index in [2.05, 4.69) is 26.7 Å². The van der Waals surface area contributed by atoms with E-state index in [1.165, 1.54) is 12.1 Å². The van der Waals surface area contributed by atoms with E-state index in [-0.39, 0.29) is 18.5 Å². The third kappa shape index (κ3) is 4.50. The summed E-state index contributed by atoms with van der Waals surface area (Å²) < 4.78 is 13.4. The Morgan fingerprint density at radius 2 is 1.88 bits per heavy atom. The van der Waals surface area contributed by atoms with Gasteiger partial charge in [0, 0.05) is 57.6 Å². The second-order valence-corrected chi connectivity index (χ2v) is 8.44. The highest BCUT2D eigenvalue weighted by Crippen LogP contribution is 2.28. The van der Waals surface area contributed by atoms with Gasteiger partial charge in [0.15, 0.2) is 0 Å². The molecule has 0 amide bonds. The van der Waals surface area contributed by atoms with Gasteiger partial charge in [0.05, 0.1) is 12.3 Å². The van der Waals surface area contributed by atoms with Crippen LogP contribution in [0.5, 0.6) is 0 Å². The van der Waals surface area contributed by atoms with E-state index >= 15 is 0 Å². The van der Waals surface area contributed by atoms with Crippen molar-refractivity contribution in [2.45, 2.75) is 26.5 Å². The maximum absolute atomic E-state index is 13.4. The molecular formula is C24H29FN6O. The van der Waals surface area contributed by atoms with E-state index in [0.29, 0.717) is 5.95 Å². The molecular weight excluding hydrogens is 407 g/mol. The molecule has 1 N–H and O–H groups in total. The molecule has 3 aromatic rings. The third-order valence-corrected chi connectivity index (χ3v) is 5.75. The number of rotatable bonds is 5. The summed E-state index contributed by atoms with van der Waals surface area (Å²) in [5.41, 5.74) is 3.51. The first kappa shape index (κ1) is 22.0. The first-order valence-electron chi connectivity index (χ1n) is 10.8. The Kier molecular flexibility index (Phi) is 6.23. The van der Waals surface area contributed by atoms with E-state index in [1.807, 2.05) is 38.1 Å². The smallest absolute Gasteiger partial charge is 0.227 e. The highest BCUT2D eigenvalue weighted by atomic mass is 19.1. The fourth-order valence-electron chi connectivity index (χ4n) is 4.07. The van der Waals surface area contributed by atoms with Gasteiger partial charge in [-0.15, -0.1) is 0 Å². The minimum absolute atomic E-state index is 0.00336. The lowest BCUT2D eigenvalue weighted by molar-refractivity contribution is 0.281. The Bertz CT molecular complexity index is 1090. The molecule has 1 saturated heterocycles. The van der Waals surface area contributed by atoms with Crippen molar-refractivity contribution in [1.29, 1.82) is 0 Å². The van der Waals surface area contributed by atoms with Crippen molar-refractivity contribution >= 4 is 17.6 Å². The summed E-state index contributed by atoms with van der Waals surface area (Å²) in [6, 6.07) is 10.6. The predicted molar refractivity (Wildman–Crippen MR) is 126 cm³/mol. The van der Waals surface area contributed by atoms with Gasteiger partial charge in [0.2, 0.25) is 5.95 Å². The monoisotopic (exact) mass is 436 g/mol. The molecule has 0 aliphatic carbocycles. The molecule has 4 rings (SSSR count). The molecule has 7 nitrogen and oxygen atoms in total. The number of aromatic nitrogens is 3. The molecule has 0 spiro atoms. The number of benzene rings is 1. The second kappa shape index (κ2) is 9.08. The topological polar surface area (TPSA) is 68.6 Å². The van der Waals surface area contributed by atoms with Crippen LogP contribution in [0.3, 0.4) is 0 Å². The molecule has 1 aliphatic heterocycles. The van der Waals surface area contributed by atoms with Gasteiger partial charge in [-0.25, -0.2) is 14.4 Å². The van der Waals surface area contributed by atoms with Crippen LogP contribution in [0.1, 0.15) is 18.1 Å². The molecule has 0 bridgehead atoms. The van der Waals surface area contributed by atoms with Crippen molar-refractivity contribution in [3.8, 4) is 11.3 Å². The fraction of sp³-hybridized carbons (Fsp3) is 0.375. The molecule has 1 aliphatic rings. The summed E-state index contributed by atoms with van der Waals surface area (Å²) in [5.74, 6) is 2.16. The number of aliphatic hydroxyl groups excluding tert-OH is 1. The molecule has 8 heteroatoms. The number of aryl methyl sites for hydroxylation is 1. The second-order valence-electron chi connectivity index (χ2n) is 8.44. The van der Waals surface area contributed by atoms with E-state index in [4.69, 9.17) is 4.98 Å². The van der Waals surface area contributed by atoms with Gasteiger partial charge in [-0.1, -0.05) is 0 Å². The molecule has 32 heavy (non-hydrogen) atoms. The summed E-state index contributed by atoms with van der Waals surface area (Å²) in [4.78, 5) is 20.5. The Hall–Kier alpha value is -3.26. The van der Waals surface area contributed by atoms with Crippen LogP contribution in [0.15, 0.2) is 42.6 Å². The van der Waals surface area contributed by atoms with Crippen LogP contribution < -0.4 is 14.7 Å². The summed E-state index contributed by atoms with van der Waals surface area (Å²) in [7, 11) is 3.83. The van der Waals surface area contributed by atoms with Crippen LogP contribution in [-0.2, 0) is 6.61 Å². The van der Waals surface area contributed by atoms with Crippen LogP contribution in [0, 0.1) is 12.7 Å². The average Bonchev–Trinajstić information content (AvgIpc) is 2.79. The molecule has 0 saturated carbocycles. The van der Waals surface area contributed by atoms with Crippen LogP contribution >= 0.6 is 0 Å². The predicted octanol–water partition coefficient (Wildman–Crippen LogP) is 3.26. The van der Waals surface area contributed by atoms with Crippen molar-refractivity contribution in [2.75, 3.05) is 48.4 Å². The standard InChI is InChI=1S/C24H29FN6O/c1-16-11-18(15-32)13-26-23(16)30-9-10-31(17(2)14-30)22-12-21(27-24(28-22)29(3)4)19-5-7-20(25)8-6-19/h5-8,11-13,17,32H,9-10,14-15H2,1-4H3/t17-/m1/s1. The molecule has 2 aromatic heterocycles. The van der Waals surface area contributed by atoms with Crippen molar-refractivity contribution < 1.29 is 9.50 Å². The number of pyridine rings is 1. The first-order valence-corrected chi connectivity index (χ1v) is 10.8. The summed E-state index contributed by atoms with van der Waals surface area (Å²) >= 11 is 0. The van der Waals surface area contributed by atoms with Gasteiger partial charge in [0.1, 0.15) is 17.5 Å². The normalized spacial score (nSPS) is 16.4. The molecule has 3 heterocycles. The molecule has 168 valence electrons. The van der Waals surface area contributed by atoms with E-state index in [0.717, 1.165) is 53.7 Å². The van der Waals surface area contributed by atoms with Gasteiger partial charge in [-0.05, 0) is 55.3 Å². The number of aliphatic hydroxyl groups is 1. The summed E-state index contributed by atoms with van der Waals surface area (Å²) in [6.07, 6.45) is 1.74. The summed E-state index contributed by atoms with van der Waals surface area (Å²) in [6.45, 7) is 6.61. The van der Waals surface area contributed by atoms with E-state index < -0.39 is 0 Å². The molecule has 1 aromatic carbocycles. The van der Waals surface area contributed by atoms with Crippen molar-refractivity contribution in [3.05, 3.63) is 59.5 Å². The Morgan fingerprint density at radius 1 is 1.12 bits per heavy atom. The lowest BCUT2D eigenvalue weighted by Gasteiger charge is -2.41. The van der Waals surface area contributed by atoms with E-state index in [9.17, 15) is 9.50 Å². The Labute approximate surface area is 188 Å². The van der Waals surface area contributed by atoms with Crippen LogP contribution in [0.4, 0.5) is 22.0 Å². The van der Waals surface area contributed by atoms with Gasteiger partial charge < -0.3 is 19.8 Å². The van der Waals surface area contributed by atoms with Gasteiger partial charge >= 0.3 is 0 Å². The van der Waals surface area contributed by atoms with Crippen molar-refractivity contribution in [2.24, 2.45) is 0 Å². The van der Waals surface area contributed by atoms with Gasteiger partial charge in [-0.3, -0.25) is 0 Å². The molecule has 1 fully saturated rings. The Morgan fingerprint density at radius 3 is 2.50 bits per heavy atom.